The zero-order valence-corrected chi connectivity index (χ0v) is 10.3. The molecule has 0 saturated heterocycles. The lowest BCUT2D eigenvalue weighted by Crippen LogP contribution is -2.38. The van der Waals surface area contributed by atoms with Gasteiger partial charge in [-0.15, -0.1) is 0 Å². The minimum atomic E-state index is -0.494. The molecule has 0 aliphatic heterocycles. The van der Waals surface area contributed by atoms with Crippen molar-refractivity contribution in [2.24, 2.45) is 5.73 Å². The van der Waals surface area contributed by atoms with Crippen molar-refractivity contribution in [3.63, 3.8) is 0 Å². The van der Waals surface area contributed by atoms with Gasteiger partial charge in [0.25, 0.3) is 0 Å². The van der Waals surface area contributed by atoms with Crippen molar-refractivity contribution in [3.05, 3.63) is 0 Å². The number of carbonyl (C=O) groups is 1. The minimum Gasteiger partial charge on any atom is -0.468 e. The third-order valence-corrected chi connectivity index (χ3v) is 2.86. The molecule has 0 radical (unpaired) electrons. The third-order valence-electron chi connectivity index (χ3n) is 2.86. The molecule has 0 saturated carbocycles. The summed E-state index contributed by atoms with van der Waals surface area (Å²) in [5.74, 6) is -0.326. The van der Waals surface area contributed by atoms with Crippen LogP contribution in [0.5, 0.6) is 0 Å². The molecular weight excluding hydrogens is 192 g/mol. The Hall–Kier alpha value is -0.610. The van der Waals surface area contributed by atoms with Gasteiger partial charge in [-0.05, 0) is 26.3 Å². The monoisotopic (exact) mass is 216 g/mol. The maximum Gasteiger partial charge on any atom is 0.322 e. The van der Waals surface area contributed by atoms with Crippen molar-refractivity contribution in [2.45, 2.75) is 45.2 Å². The van der Waals surface area contributed by atoms with Crippen LogP contribution in [0, 0.1) is 0 Å². The SMILES string of the molecule is CCC(CC)N(C)CCC(N)C(=O)OC. The maximum absolute atomic E-state index is 11.1. The van der Waals surface area contributed by atoms with Crippen LogP contribution >= 0.6 is 0 Å². The lowest BCUT2D eigenvalue weighted by Gasteiger charge is -2.26. The molecular formula is C11H24N2O2. The average Bonchev–Trinajstić information content (AvgIpc) is 2.26. The van der Waals surface area contributed by atoms with Gasteiger partial charge >= 0.3 is 5.97 Å². The highest BCUT2D eigenvalue weighted by Gasteiger charge is 2.16. The second-order valence-electron chi connectivity index (χ2n) is 3.87. The quantitative estimate of drug-likeness (QED) is 0.645. The highest BCUT2D eigenvalue weighted by Crippen LogP contribution is 2.07. The van der Waals surface area contributed by atoms with Gasteiger partial charge in [0.05, 0.1) is 7.11 Å². The molecule has 0 aliphatic carbocycles. The lowest BCUT2D eigenvalue weighted by atomic mass is 10.1. The van der Waals surface area contributed by atoms with Crippen LogP contribution in [0.1, 0.15) is 33.1 Å². The largest absolute Gasteiger partial charge is 0.468 e. The first kappa shape index (κ1) is 14.4. The first-order chi connectivity index (χ1) is 7.06. The van der Waals surface area contributed by atoms with Crippen molar-refractivity contribution in [3.8, 4) is 0 Å². The Labute approximate surface area is 92.8 Å². The lowest BCUT2D eigenvalue weighted by molar-refractivity contribution is -0.142. The number of nitrogens with two attached hydrogens (primary N) is 1. The summed E-state index contributed by atoms with van der Waals surface area (Å²) < 4.78 is 4.57. The van der Waals surface area contributed by atoms with Gasteiger partial charge in [0.15, 0.2) is 0 Å². The molecule has 0 aromatic heterocycles. The van der Waals surface area contributed by atoms with Crippen molar-refractivity contribution < 1.29 is 9.53 Å². The topological polar surface area (TPSA) is 55.6 Å². The van der Waals surface area contributed by atoms with Crippen LogP contribution in [-0.4, -0.2) is 43.7 Å². The van der Waals surface area contributed by atoms with Crippen LogP contribution in [0.15, 0.2) is 0 Å². The summed E-state index contributed by atoms with van der Waals surface area (Å²) in [4.78, 5) is 13.3. The number of ether oxygens (including phenoxy) is 1. The molecule has 0 fully saturated rings. The molecule has 0 amide bonds. The Bertz CT molecular complexity index is 181. The second-order valence-corrected chi connectivity index (χ2v) is 3.87. The minimum absolute atomic E-state index is 0.326. The third kappa shape index (κ3) is 5.14. The smallest absolute Gasteiger partial charge is 0.322 e. The summed E-state index contributed by atoms with van der Waals surface area (Å²) in [7, 11) is 3.44. The van der Waals surface area contributed by atoms with Gasteiger partial charge in [0.1, 0.15) is 6.04 Å². The first-order valence-corrected chi connectivity index (χ1v) is 5.60. The van der Waals surface area contributed by atoms with E-state index in [0.29, 0.717) is 12.5 Å². The van der Waals surface area contributed by atoms with E-state index in [2.05, 4.69) is 30.5 Å². The molecule has 0 bridgehead atoms. The van der Waals surface area contributed by atoms with E-state index >= 15 is 0 Å². The Morgan fingerprint density at radius 1 is 1.40 bits per heavy atom. The predicted octanol–water partition coefficient (Wildman–Crippen LogP) is 0.997. The Morgan fingerprint density at radius 3 is 2.33 bits per heavy atom. The van der Waals surface area contributed by atoms with Crippen LogP contribution in [0.3, 0.4) is 0 Å². The van der Waals surface area contributed by atoms with E-state index in [0.717, 1.165) is 19.4 Å². The standard InChI is InChI=1S/C11H24N2O2/c1-5-9(6-2)13(3)8-7-10(12)11(14)15-4/h9-10H,5-8,12H2,1-4H3. The Kier molecular flexibility index (Phi) is 7.34. The van der Waals surface area contributed by atoms with Gasteiger partial charge < -0.3 is 15.4 Å². The summed E-state index contributed by atoms with van der Waals surface area (Å²) in [6.07, 6.45) is 2.90. The summed E-state index contributed by atoms with van der Waals surface area (Å²) in [6.45, 7) is 5.18. The summed E-state index contributed by atoms with van der Waals surface area (Å²) in [6, 6.07) is 0.0849. The molecule has 2 N–H and O–H groups in total. The van der Waals surface area contributed by atoms with Crippen LogP contribution in [0.2, 0.25) is 0 Å². The number of nitrogens with zero attached hydrogens (tertiary/aromatic N) is 1. The van der Waals surface area contributed by atoms with Crippen molar-refractivity contribution >= 4 is 5.97 Å². The number of methoxy groups -OCH3 is 1. The molecule has 0 aromatic rings. The maximum atomic E-state index is 11.1. The second kappa shape index (κ2) is 7.65. The summed E-state index contributed by atoms with van der Waals surface area (Å²) in [5, 5.41) is 0. The normalized spacial score (nSPS) is 13.3. The molecule has 4 heteroatoms. The van der Waals surface area contributed by atoms with Crippen molar-refractivity contribution in [2.75, 3.05) is 20.7 Å². The van der Waals surface area contributed by atoms with E-state index in [9.17, 15) is 4.79 Å². The first-order valence-electron chi connectivity index (χ1n) is 5.60. The van der Waals surface area contributed by atoms with Gasteiger partial charge in [0, 0.05) is 12.6 Å². The number of rotatable bonds is 7. The molecule has 0 rings (SSSR count). The highest BCUT2D eigenvalue weighted by molar-refractivity contribution is 5.75. The number of carbonyl (C=O) groups excluding carboxylic acids is 1. The number of hydrogen-bond acceptors (Lipinski definition) is 4. The predicted molar refractivity (Wildman–Crippen MR) is 61.6 cm³/mol. The average molecular weight is 216 g/mol. The van der Waals surface area contributed by atoms with Gasteiger partial charge in [0.2, 0.25) is 0 Å². The number of esters is 1. The molecule has 15 heavy (non-hydrogen) atoms. The number of hydrogen-bond donors (Lipinski definition) is 1. The molecule has 0 aliphatic rings. The van der Waals surface area contributed by atoms with Crippen molar-refractivity contribution in [1.82, 2.24) is 4.90 Å². The van der Waals surface area contributed by atoms with Gasteiger partial charge in [-0.3, -0.25) is 4.79 Å². The van der Waals surface area contributed by atoms with Crippen LogP contribution < -0.4 is 5.73 Å². The summed E-state index contributed by atoms with van der Waals surface area (Å²) in [5.41, 5.74) is 5.66. The molecule has 0 spiro atoms. The van der Waals surface area contributed by atoms with Crippen LogP contribution in [0.4, 0.5) is 0 Å². The molecule has 90 valence electrons. The highest BCUT2D eigenvalue weighted by atomic mass is 16.5. The van der Waals surface area contributed by atoms with Crippen molar-refractivity contribution in [1.29, 1.82) is 0 Å². The van der Waals surface area contributed by atoms with E-state index < -0.39 is 6.04 Å². The van der Waals surface area contributed by atoms with Gasteiger partial charge in [-0.1, -0.05) is 13.8 Å². The van der Waals surface area contributed by atoms with E-state index in [4.69, 9.17) is 5.73 Å². The summed E-state index contributed by atoms with van der Waals surface area (Å²) >= 11 is 0. The molecule has 0 heterocycles. The fourth-order valence-electron chi connectivity index (χ4n) is 1.71. The fourth-order valence-corrected chi connectivity index (χ4v) is 1.71. The van der Waals surface area contributed by atoms with Gasteiger partial charge in [-0.2, -0.15) is 0 Å². The van der Waals surface area contributed by atoms with E-state index in [1.165, 1.54) is 7.11 Å². The Morgan fingerprint density at radius 2 is 1.93 bits per heavy atom. The van der Waals surface area contributed by atoms with E-state index in [1.807, 2.05) is 0 Å². The van der Waals surface area contributed by atoms with E-state index in [-0.39, 0.29) is 5.97 Å². The van der Waals surface area contributed by atoms with Crippen LogP contribution in [0.25, 0.3) is 0 Å². The molecule has 1 unspecified atom stereocenters. The Balaban J connectivity index is 3.88. The van der Waals surface area contributed by atoms with Gasteiger partial charge in [-0.25, -0.2) is 0 Å². The molecule has 1 atom stereocenters. The molecule has 0 aromatic carbocycles. The zero-order valence-electron chi connectivity index (χ0n) is 10.3. The zero-order chi connectivity index (χ0) is 11.8. The molecule has 4 nitrogen and oxygen atoms in total. The van der Waals surface area contributed by atoms with Crippen LogP contribution in [-0.2, 0) is 9.53 Å². The fraction of sp³-hybridized carbons (Fsp3) is 0.909. The van der Waals surface area contributed by atoms with E-state index in [1.54, 1.807) is 0 Å².